The number of nitrogens with two attached hydrogens (primary N) is 1. The van der Waals surface area contributed by atoms with Gasteiger partial charge in [0.1, 0.15) is 0 Å². The van der Waals surface area contributed by atoms with Gasteiger partial charge in [-0.2, -0.15) is 0 Å². The predicted molar refractivity (Wildman–Crippen MR) is 43.6 cm³/mol. The fraction of sp³-hybridized carbons (Fsp3) is 0.500. The molecule has 58 valence electrons. The first-order chi connectivity index (χ1) is 4.76. The van der Waals surface area contributed by atoms with Gasteiger partial charge in [-0.25, -0.2) is 0 Å². The summed E-state index contributed by atoms with van der Waals surface area (Å²) in [5.74, 6) is 0. The minimum Gasteiger partial charge on any atom is -0.387 e. The lowest BCUT2D eigenvalue weighted by Gasteiger charge is -2.07. The van der Waals surface area contributed by atoms with Crippen molar-refractivity contribution in [1.29, 1.82) is 0 Å². The van der Waals surface area contributed by atoms with Crippen LogP contribution in [0.5, 0.6) is 0 Å². The van der Waals surface area contributed by atoms with Crippen molar-refractivity contribution < 1.29 is 5.11 Å². The molecule has 3 N–H and O–H groups in total. The van der Waals surface area contributed by atoms with Crippen molar-refractivity contribution in [2.24, 2.45) is 5.73 Å². The quantitative estimate of drug-likeness (QED) is 0.572. The largest absolute Gasteiger partial charge is 0.387 e. The van der Waals surface area contributed by atoms with Gasteiger partial charge in [-0.3, -0.25) is 0 Å². The predicted octanol–water partition coefficient (Wildman–Crippen LogP) is 0.828. The van der Waals surface area contributed by atoms with E-state index in [1.54, 1.807) is 0 Å². The molecule has 0 bridgehead atoms. The molecule has 2 heteroatoms. The third-order valence-electron chi connectivity index (χ3n) is 1.30. The van der Waals surface area contributed by atoms with Crippen LogP contribution in [-0.2, 0) is 0 Å². The van der Waals surface area contributed by atoms with E-state index >= 15 is 0 Å². The highest BCUT2D eigenvalue weighted by molar-refractivity contribution is 5.21. The Kier molecular flexibility index (Phi) is 4.89. The monoisotopic (exact) mass is 141 g/mol. The molecule has 0 unspecified atom stereocenters. The maximum atomic E-state index is 9.20. The van der Waals surface area contributed by atoms with E-state index in [9.17, 15) is 5.11 Å². The first-order valence-electron chi connectivity index (χ1n) is 3.43. The molecule has 0 radical (unpaired) electrons. The van der Waals surface area contributed by atoms with Gasteiger partial charge in [-0.15, -0.1) is 0 Å². The van der Waals surface area contributed by atoms with Gasteiger partial charge in [0, 0.05) is 6.54 Å². The molecule has 0 aliphatic rings. The molecule has 0 aliphatic carbocycles. The molecule has 0 amide bonds. The third kappa shape index (κ3) is 2.80. The summed E-state index contributed by atoms with van der Waals surface area (Å²) < 4.78 is 0. The number of rotatable bonds is 3. The van der Waals surface area contributed by atoms with Gasteiger partial charge in [0.25, 0.3) is 0 Å². The number of aliphatic hydroxyl groups excluding tert-OH is 1. The fourth-order valence-electron chi connectivity index (χ4n) is 0.728. The van der Waals surface area contributed by atoms with Gasteiger partial charge in [-0.05, 0) is 19.4 Å². The van der Waals surface area contributed by atoms with E-state index in [4.69, 9.17) is 5.73 Å². The minimum absolute atomic E-state index is 0.282. The van der Waals surface area contributed by atoms with Crippen LogP contribution in [0, 0.1) is 0 Å². The second-order valence-electron chi connectivity index (χ2n) is 2.04. The number of hydrogen-bond donors (Lipinski definition) is 2. The zero-order valence-corrected chi connectivity index (χ0v) is 6.54. The van der Waals surface area contributed by atoms with Crippen LogP contribution in [0.15, 0.2) is 23.8 Å². The topological polar surface area (TPSA) is 46.2 Å². The summed E-state index contributed by atoms with van der Waals surface area (Å²) in [4.78, 5) is 0. The molecule has 0 spiro atoms. The summed E-state index contributed by atoms with van der Waals surface area (Å²) in [6, 6.07) is 0. The molecular formula is C8H15NO. The molecule has 0 rings (SSSR count). The van der Waals surface area contributed by atoms with E-state index in [2.05, 4.69) is 0 Å². The second-order valence-corrected chi connectivity index (χ2v) is 2.04. The second kappa shape index (κ2) is 5.21. The number of aliphatic hydroxyl groups is 1. The van der Waals surface area contributed by atoms with Crippen LogP contribution in [-0.4, -0.2) is 17.8 Å². The Balaban J connectivity index is 4.08. The molecule has 0 saturated carbocycles. The molecule has 0 saturated heterocycles. The first-order valence-corrected chi connectivity index (χ1v) is 3.43. The van der Waals surface area contributed by atoms with Crippen LogP contribution >= 0.6 is 0 Å². The third-order valence-corrected chi connectivity index (χ3v) is 1.30. The highest BCUT2D eigenvalue weighted by Crippen LogP contribution is 2.02. The van der Waals surface area contributed by atoms with Gasteiger partial charge in [0.15, 0.2) is 0 Å². The number of hydrogen-bond acceptors (Lipinski definition) is 2. The summed E-state index contributed by atoms with van der Waals surface area (Å²) in [5, 5.41) is 9.20. The van der Waals surface area contributed by atoms with Crippen LogP contribution in [0.4, 0.5) is 0 Å². The molecule has 1 atom stereocenters. The van der Waals surface area contributed by atoms with Crippen molar-refractivity contribution in [1.82, 2.24) is 0 Å². The molecule has 0 aromatic rings. The van der Waals surface area contributed by atoms with Crippen LogP contribution in [0.3, 0.4) is 0 Å². The Morgan fingerprint density at radius 1 is 1.60 bits per heavy atom. The Hall–Kier alpha value is -0.600. The maximum absolute atomic E-state index is 9.20. The van der Waals surface area contributed by atoms with Gasteiger partial charge in [-0.1, -0.05) is 18.2 Å². The lowest BCUT2D eigenvalue weighted by atomic mass is 10.1. The van der Waals surface area contributed by atoms with E-state index in [0.29, 0.717) is 0 Å². The smallest absolute Gasteiger partial charge is 0.0908 e. The average molecular weight is 141 g/mol. The molecule has 0 fully saturated rings. The summed E-state index contributed by atoms with van der Waals surface area (Å²) >= 11 is 0. The average Bonchev–Trinajstić information content (AvgIpc) is 1.99. The number of allylic oxidation sites excluding steroid dienone is 2. The van der Waals surface area contributed by atoms with E-state index in [-0.39, 0.29) is 6.54 Å². The van der Waals surface area contributed by atoms with Crippen LogP contribution in [0.2, 0.25) is 0 Å². The van der Waals surface area contributed by atoms with Crippen molar-refractivity contribution in [3.63, 3.8) is 0 Å². The van der Waals surface area contributed by atoms with Crippen molar-refractivity contribution in [3.05, 3.63) is 23.8 Å². The molecule has 0 aliphatic heterocycles. The highest BCUT2D eigenvalue weighted by Gasteiger charge is 2.02. The van der Waals surface area contributed by atoms with Crippen molar-refractivity contribution in [2.75, 3.05) is 6.54 Å². The van der Waals surface area contributed by atoms with Crippen LogP contribution < -0.4 is 5.73 Å². The molecule has 0 aromatic carbocycles. The van der Waals surface area contributed by atoms with Gasteiger partial charge < -0.3 is 10.8 Å². The van der Waals surface area contributed by atoms with Crippen molar-refractivity contribution in [2.45, 2.75) is 20.0 Å². The normalized spacial score (nSPS) is 16.2. The molecule has 0 aromatic heterocycles. The lowest BCUT2D eigenvalue weighted by Crippen LogP contribution is -2.20. The first kappa shape index (κ1) is 9.40. The minimum atomic E-state index is -0.513. The molecule has 10 heavy (non-hydrogen) atoms. The molecule has 2 nitrogen and oxygen atoms in total. The Bertz CT molecular complexity index is 138. The maximum Gasteiger partial charge on any atom is 0.0908 e. The van der Waals surface area contributed by atoms with Crippen molar-refractivity contribution in [3.8, 4) is 0 Å². The van der Waals surface area contributed by atoms with E-state index in [0.717, 1.165) is 5.57 Å². The fourth-order valence-corrected chi connectivity index (χ4v) is 0.728. The Morgan fingerprint density at radius 2 is 2.20 bits per heavy atom. The van der Waals surface area contributed by atoms with Crippen LogP contribution in [0.1, 0.15) is 13.8 Å². The Labute approximate surface area is 62.0 Å². The SMILES string of the molecule is C/C=C\C(=C/C)[C@H](O)CN. The summed E-state index contributed by atoms with van der Waals surface area (Å²) in [7, 11) is 0. The van der Waals surface area contributed by atoms with Gasteiger partial charge in [0.05, 0.1) is 6.10 Å². The zero-order chi connectivity index (χ0) is 7.98. The van der Waals surface area contributed by atoms with E-state index in [1.807, 2.05) is 32.1 Å². The van der Waals surface area contributed by atoms with E-state index < -0.39 is 6.10 Å². The van der Waals surface area contributed by atoms with E-state index in [1.165, 1.54) is 0 Å². The summed E-state index contributed by atoms with van der Waals surface area (Å²) in [6.45, 7) is 4.07. The summed E-state index contributed by atoms with van der Waals surface area (Å²) in [6.07, 6.45) is 5.09. The molecular weight excluding hydrogens is 126 g/mol. The van der Waals surface area contributed by atoms with Gasteiger partial charge >= 0.3 is 0 Å². The molecule has 0 heterocycles. The lowest BCUT2D eigenvalue weighted by molar-refractivity contribution is 0.222. The van der Waals surface area contributed by atoms with Gasteiger partial charge in [0.2, 0.25) is 0 Å². The Morgan fingerprint density at radius 3 is 2.50 bits per heavy atom. The van der Waals surface area contributed by atoms with Crippen LogP contribution in [0.25, 0.3) is 0 Å². The zero-order valence-electron chi connectivity index (χ0n) is 6.54. The summed E-state index contributed by atoms with van der Waals surface area (Å²) in [5.41, 5.74) is 6.13. The standard InChI is InChI=1S/C8H15NO/c1-3-5-7(4-2)8(10)6-9/h3-5,8,10H,6,9H2,1-2H3/b5-3-,7-4+/t8-/m1/s1. The van der Waals surface area contributed by atoms with Crippen molar-refractivity contribution >= 4 is 0 Å². The highest BCUT2D eigenvalue weighted by atomic mass is 16.3.